The molecule has 0 bridgehead atoms. The fourth-order valence-electron chi connectivity index (χ4n) is 6.82. The molecule has 2 aliphatic carbocycles. The Bertz CT molecular complexity index is 835. The van der Waals surface area contributed by atoms with Crippen LogP contribution in [0.25, 0.3) is 0 Å². The summed E-state index contributed by atoms with van der Waals surface area (Å²) in [4.78, 5) is 0. The van der Waals surface area contributed by atoms with Crippen molar-refractivity contribution in [2.75, 3.05) is 0 Å². The standard InChI is InChI=1S/C34H50O/c1-4-6-27-10-16-30(17-11-27)31-20-14-29(15-21-31)9-8-26(3)35-34-24-22-33(23-25-34)32-18-12-28(7-5-2)13-19-32/h14-15,20-28,30,32H,4-13,16-19H2,1-3H3/t26-,27?,28?,30?,32?/m1/s1. The molecule has 192 valence electrons. The lowest BCUT2D eigenvalue weighted by atomic mass is 9.77. The lowest BCUT2D eigenvalue weighted by molar-refractivity contribution is 0.211. The van der Waals surface area contributed by atoms with Crippen LogP contribution in [0, 0.1) is 11.8 Å². The predicted octanol–water partition coefficient (Wildman–Crippen LogP) is 10.2. The van der Waals surface area contributed by atoms with Crippen molar-refractivity contribution in [3.05, 3.63) is 65.2 Å². The van der Waals surface area contributed by atoms with Gasteiger partial charge in [-0.05, 0) is 124 Å². The van der Waals surface area contributed by atoms with Crippen LogP contribution in [0.4, 0.5) is 0 Å². The quantitative estimate of drug-likeness (QED) is 0.315. The number of rotatable bonds is 11. The Hall–Kier alpha value is -1.76. The molecule has 0 aliphatic heterocycles. The van der Waals surface area contributed by atoms with E-state index in [2.05, 4.69) is 69.3 Å². The Morgan fingerprint density at radius 3 is 1.57 bits per heavy atom. The van der Waals surface area contributed by atoms with Crippen LogP contribution in [0.3, 0.4) is 0 Å². The van der Waals surface area contributed by atoms with Gasteiger partial charge in [0.25, 0.3) is 0 Å². The highest BCUT2D eigenvalue weighted by Gasteiger charge is 2.23. The Labute approximate surface area is 216 Å². The SMILES string of the molecule is CCCC1CCC(c2ccc(CC[C@@H](C)Oc3ccc(C4CCC(CCC)CC4)cc3)cc2)CC1. The van der Waals surface area contributed by atoms with Crippen LogP contribution in [0.15, 0.2) is 48.5 Å². The van der Waals surface area contributed by atoms with E-state index in [4.69, 9.17) is 4.74 Å². The van der Waals surface area contributed by atoms with E-state index in [0.717, 1.165) is 42.3 Å². The number of benzene rings is 2. The lowest BCUT2D eigenvalue weighted by Gasteiger charge is -2.28. The molecule has 0 N–H and O–H groups in total. The molecule has 2 aliphatic rings. The van der Waals surface area contributed by atoms with Crippen molar-refractivity contribution in [1.82, 2.24) is 0 Å². The van der Waals surface area contributed by atoms with E-state index in [9.17, 15) is 0 Å². The molecule has 2 aromatic carbocycles. The number of ether oxygens (including phenoxy) is 1. The highest BCUT2D eigenvalue weighted by atomic mass is 16.5. The maximum Gasteiger partial charge on any atom is 0.119 e. The number of aryl methyl sites for hydroxylation is 1. The summed E-state index contributed by atoms with van der Waals surface area (Å²) in [6.45, 7) is 6.86. The molecule has 1 heteroatoms. The molecule has 0 heterocycles. The maximum atomic E-state index is 6.28. The first-order valence-corrected chi connectivity index (χ1v) is 15.0. The zero-order valence-corrected chi connectivity index (χ0v) is 22.8. The van der Waals surface area contributed by atoms with Crippen molar-refractivity contribution in [3.8, 4) is 5.75 Å². The number of hydrogen-bond acceptors (Lipinski definition) is 1. The first-order chi connectivity index (χ1) is 17.1. The first kappa shape index (κ1) is 26.3. The van der Waals surface area contributed by atoms with Gasteiger partial charge in [-0.3, -0.25) is 0 Å². The molecule has 1 atom stereocenters. The first-order valence-electron chi connectivity index (χ1n) is 15.0. The van der Waals surface area contributed by atoms with Crippen LogP contribution in [0.1, 0.15) is 133 Å². The summed E-state index contributed by atoms with van der Waals surface area (Å²) >= 11 is 0. The van der Waals surface area contributed by atoms with Crippen molar-refractivity contribution < 1.29 is 4.74 Å². The third-order valence-corrected chi connectivity index (χ3v) is 9.07. The molecule has 0 radical (unpaired) electrons. The molecule has 0 saturated heterocycles. The topological polar surface area (TPSA) is 9.23 Å². The molecule has 35 heavy (non-hydrogen) atoms. The molecule has 0 spiro atoms. The highest BCUT2D eigenvalue weighted by molar-refractivity contribution is 5.30. The smallest absolute Gasteiger partial charge is 0.119 e. The summed E-state index contributed by atoms with van der Waals surface area (Å²) in [5.74, 6) is 4.52. The molecule has 0 aromatic heterocycles. The van der Waals surface area contributed by atoms with Gasteiger partial charge in [-0.1, -0.05) is 75.9 Å². The van der Waals surface area contributed by atoms with E-state index in [0.29, 0.717) is 0 Å². The summed E-state index contributed by atoms with van der Waals surface area (Å²) in [7, 11) is 0. The Kier molecular flexibility index (Phi) is 10.2. The zero-order chi connectivity index (χ0) is 24.5. The normalized spacial score (nSPS) is 25.8. The highest BCUT2D eigenvalue weighted by Crippen LogP contribution is 2.39. The van der Waals surface area contributed by atoms with Gasteiger partial charge < -0.3 is 4.74 Å². The number of hydrogen-bond donors (Lipinski definition) is 0. The van der Waals surface area contributed by atoms with Crippen LogP contribution in [0.2, 0.25) is 0 Å². The van der Waals surface area contributed by atoms with Gasteiger partial charge in [-0.15, -0.1) is 0 Å². The van der Waals surface area contributed by atoms with Crippen molar-refractivity contribution >= 4 is 0 Å². The summed E-state index contributed by atoms with van der Waals surface area (Å²) < 4.78 is 6.28. The maximum absolute atomic E-state index is 6.28. The predicted molar refractivity (Wildman–Crippen MR) is 151 cm³/mol. The molecule has 0 amide bonds. The molecule has 0 unspecified atom stereocenters. The van der Waals surface area contributed by atoms with Gasteiger partial charge in [0.2, 0.25) is 0 Å². The Morgan fingerprint density at radius 2 is 1.11 bits per heavy atom. The minimum atomic E-state index is 0.235. The largest absolute Gasteiger partial charge is 0.491 e. The van der Waals surface area contributed by atoms with Gasteiger partial charge >= 0.3 is 0 Å². The fraction of sp³-hybridized carbons (Fsp3) is 0.647. The summed E-state index contributed by atoms with van der Waals surface area (Å²) in [6.07, 6.45) is 19.1. The summed E-state index contributed by atoms with van der Waals surface area (Å²) in [6, 6.07) is 18.6. The van der Waals surface area contributed by atoms with E-state index in [-0.39, 0.29) is 6.10 Å². The van der Waals surface area contributed by atoms with Gasteiger partial charge in [0.15, 0.2) is 0 Å². The lowest BCUT2D eigenvalue weighted by Crippen LogP contribution is -2.14. The fourth-order valence-corrected chi connectivity index (χ4v) is 6.82. The molecule has 2 saturated carbocycles. The van der Waals surface area contributed by atoms with Crippen molar-refractivity contribution in [3.63, 3.8) is 0 Å². The second-order valence-corrected chi connectivity index (χ2v) is 11.8. The van der Waals surface area contributed by atoms with Crippen molar-refractivity contribution in [1.29, 1.82) is 0 Å². The molecule has 1 nitrogen and oxygen atoms in total. The van der Waals surface area contributed by atoms with Crippen LogP contribution >= 0.6 is 0 Å². The third kappa shape index (κ3) is 7.86. The van der Waals surface area contributed by atoms with Gasteiger partial charge in [0.1, 0.15) is 5.75 Å². The average molecular weight is 475 g/mol. The monoisotopic (exact) mass is 474 g/mol. The van der Waals surface area contributed by atoms with E-state index in [1.807, 2.05) is 0 Å². The summed E-state index contributed by atoms with van der Waals surface area (Å²) in [5, 5.41) is 0. The van der Waals surface area contributed by atoms with Crippen LogP contribution in [0.5, 0.6) is 5.75 Å². The van der Waals surface area contributed by atoms with Gasteiger partial charge in [0.05, 0.1) is 6.10 Å². The Morgan fingerprint density at radius 1 is 0.657 bits per heavy atom. The van der Waals surface area contributed by atoms with Gasteiger partial charge in [-0.2, -0.15) is 0 Å². The molecular formula is C34H50O. The van der Waals surface area contributed by atoms with E-state index < -0.39 is 0 Å². The minimum absolute atomic E-state index is 0.235. The van der Waals surface area contributed by atoms with E-state index in [1.165, 1.54) is 88.2 Å². The van der Waals surface area contributed by atoms with Crippen LogP contribution < -0.4 is 4.74 Å². The molecular weight excluding hydrogens is 424 g/mol. The summed E-state index contributed by atoms with van der Waals surface area (Å²) in [5.41, 5.74) is 4.52. The minimum Gasteiger partial charge on any atom is -0.491 e. The third-order valence-electron chi connectivity index (χ3n) is 9.07. The molecule has 2 fully saturated rings. The van der Waals surface area contributed by atoms with Crippen LogP contribution in [-0.2, 0) is 6.42 Å². The van der Waals surface area contributed by atoms with Gasteiger partial charge in [0, 0.05) is 0 Å². The van der Waals surface area contributed by atoms with Gasteiger partial charge in [-0.25, -0.2) is 0 Å². The second-order valence-electron chi connectivity index (χ2n) is 11.8. The van der Waals surface area contributed by atoms with E-state index >= 15 is 0 Å². The van der Waals surface area contributed by atoms with Crippen molar-refractivity contribution in [2.45, 2.75) is 129 Å². The van der Waals surface area contributed by atoms with E-state index in [1.54, 1.807) is 5.56 Å². The zero-order valence-electron chi connectivity index (χ0n) is 22.8. The molecule has 2 aromatic rings. The van der Waals surface area contributed by atoms with Crippen molar-refractivity contribution in [2.24, 2.45) is 11.8 Å². The second kappa shape index (κ2) is 13.5. The van der Waals surface area contributed by atoms with Crippen LogP contribution in [-0.4, -0.2) is 6.10 Å². The Balaban J connectivity index is 1.18. The average Bonchev–Trinajstić information content (AvgIpc) is 2.90. The molecule has 4 rings (SSSR count).